The van der Waals surface area contributed by atoms with Crippen molar-refractivity contribution < 1.29 is 19.4 Å². The molecule has 0 atom stereocenters. The zero-order valence-corrected chi connectivity index (χ0v) is 22.7. The van der Waals surface area contributed by atoms with Crippen LogP contribution in [0.15, 0.2) is 42.5 Å². The maximum absolute atomic E-state index is 12.8. The van der Waals surface area contributed by atoms with Crippen molar-refractivity contribution in [2.24, 2.45) is 0 Å². The number of phenolic OH excluding ortho intramolecular Hbond substituents is 1. The Balaban J connectivity index is 1.55. The average molecular weight is 553 g/mol. The molecule has 2 heterocycles. The second kappa shape index (κ2) is 11.2. The summed E-state index contributed by atoms with van der Waals surface area (Å²) in [7, 11) is 1.56. The number of likely N-dealkylation sites (N-methyl/N-ethyl adjacent to an activating group) is 1. The van der Waals surface area contributed by atoms with Crippen LogP contribution >= 0.6 is 0 Å². The van der Waals surface area contributed by atoms with Crippen molar-refractivity contribution in [3.8, 4) is 22.6 Å². The van der Waals surface area contributed by atoms with E-state index in [-0.39, 0.29) is 32.1 Å². The summed E-state index contributed by atoms with van der Waals surface area (Å²) in [6.45, 7) is 9.57. The molecule has 3 aromatic rings. The van der Waals surface area contributed by atoms with Crippen LogP contribution in [0.2, 0.25) is 0 Å². The first-order valence-electron chi connectivity index (χ1n) is 12.0. The van der Waals surface area contributed by atoms with Crippen LogP contribution in [-0.2, 0) is 4.79 Å². The summed E-state index contributed by atoms with van der Waals surface area (Å²) in [5, 5.41) is 15.7. The summed E-state index contributed by atoms with van der Waals surface area (Å²) in [5.41, 5.74) is 4.55. The first-order chi connectivity index (χ1) is 17.3. The molecule has 1 aromatic heterocycles. The molecule has 8 heteroatoms. The van der Waals surface area contributed by atoms with Crippen molar-refractivity contribution >= 4 is 43.7 Å². The number of carbonyl (C=O) groups is 2. The van der Waals surface area contributed by atoms with Gasteiger partial charge in [0.05, 0.1) is 0 Å². The summed E-state index contributed by atoms with van der Waals surface area (Å²) < 4.78 is 7.47. The van der Waals surface area contributed by atoms with E-state index in [1.165, 1.54) is 0 Å². The topological polar surface area (TPSA) is 90.9 Å². The molecule has 0 fully saturated rings. The summed E-state index contributed by atoms with van der Waals surface area (Å²) >= 11 is -0.0130. The minimum absolute atomic E-state index is 0.0130. The molecule has 188 valence electrons. The van der Waals surface area contributed by atoms with E-state index in [1.54, 1.807) is 25.3 Å². The molecule has 4 rings (SSSR count). The number of rotatable bonds is 9. The van der Waals surface area contributed by atoms with Gasteiger partial charge >= 0.3 is 218 Å². The van der Waals surface area contributed by atoms with Gasteiger partial charge in [-0.1, -0.05) is 0 Å². The van der Waals surface area contributed by atoms with Gasteiger partial charge in [-0.3, -0.25) is 0 Å². The number of phenols is 1. The van der Waals surface area contributed by atoms with Crippen LogP contribution in [0.4, 0.5) is 5.69 Å². The molecule has 0 radical (unpaired) electrons. The van der Waals surface area contributed by atoms with Gasteiger partial charge in [0.15, 0.2) is 0 Å². The van der Waals surface area contributed by atoms with E-state index >= 15 is 0 Å². The average Bonchev–Trinajstić information content (AvgIpc) is 3.39. The van der Waals surface area contributed by atoms with Crippen molar-refractivity contribution in [1.82, 2.24) is 10.2 Å². The fourth-order valence-corrected chi connectivity index (χ4v) is 6.36. The van der Waals surface area contributed by atoms with Crippen LogP contribution < -0.4 is 15.4 Å². The maximum atomic E-state index is 12.8. The van der Waals surface area contributed by atoms with Gasteiger partial charge in [-0.05, 0) is 0 Å². The molecule has 0 saturated carbocycles. The molecule has 7 nitrogen and oxygen atoms in total. The van der Waals surface area contributed by atoms with Gasteiger partial charge in [0, 0.05) is 0 Å². The fraction of sp³-hybridized carbons (Fsp3) is 0.286. The van der Waals surface area contributed by atoms with Crippen LogP contribution in [0, 0.1) is 6.92 Å². The van der Waals surface area contributed by atoms with Crippen molar-refractivity contribution in [2.45, 2.75) is 20.8 Å². The van der Waals surface area contributed by atoms with E-state index in [9.17, 15) is 14.7 Å². The Morgan fingerprint density at radius 2 is 1.89 bits per heavy atom. The third-order valence-corrected chi connectivity index (χ3v) is 8.47. The number of nitrogens with one attached hydrogen (secondary N) is 2. The first kappa shape index (κ1) is 25.8. The van der Waals surface area contributed by atoms with Crippen LogP contribution in [-0.4, -0.2) is 69.6 Å². The summed E-state index contributed by atoms with van der Waals surface area (Å²) in [4.78, 5) is 27.9. The molecule has 1 aliphatic rings. The van der Waals surface area contributed by atoms with Gasteiger partial charge in [0.25, 0.3) is 0 Å². The molecular formula is C28H31N3O4Se. The first-order valence-corrected chi connectivity index (χ1v) is 13.7. The van der Waals surface area contributed by atoms with E-state index in [4.69, 9.17) is 4.74 Å². The fourth-order valence-electron chi connectivity index (χ4n) is 4.33. The predicted octanol–water partition coefficient (Wildman–Crippen LogP) is 4.00. The Kier molecular flexibility index (Phi) is 7.99. The Labute approximate surface area is 217 Å². The molecule has 0 unspecified atom stereocenters. The Morgan fingerprint density at radius 1 is 1.14 bits per heavy atom. The number of anilines is 1. The number of methoxy groups -OCH3 is 1. The van der Waals surface area contributed by atoms with E-state index < -0.39 is 0 Å². The monoisotopic (exact) mass is 553 g/mol. The summed E-state index contributed by atoms with van der Waals surface area (Å²) in [5.74, 6) is 0.464. The molecule has 0 bridgehead atoms. The number of amides is 2. The third kappa shape index (κ3) is 5.41. The quantitative estimate of drug-likeness (QED) is 0.276. The minimum atomic E-state index is -0.161. The molecule has 1 aliphatic heterocycles. The van der Waals surface area contributed by atoms with E-state index in [0.29, 0.717) is 23.4 Å². The number of hydrogen-bond donors (Lipinski definition) is 3. The van der Waals surface area contributed by atoms with Crippen LogP contribution in [0.1, 0.15) is 38.6 Å². The zero-order chi connectivity index (χ0) is 25.8. The number of hydrogen-bond acceptors (Lipinski definition) is 5. The zero-order valence-electron chi connectivity index (χ0n) is 21.0. The Bertz CT molecular complexity index is 1320. The van der Waals surface area contributed by atoms with E-state index in [1.807, 2.05) is 37.3 Å². The number of nitrogens with zero attached hydrogens (tertiary/aromatic N) is 1. The Hall–Kier alpha value is -3.32. The second-order valence-corrected chi connectivity index (χ2v) is 11.3. The number of fused-ring (bicyclic) bond motifs is 1. The SMILES string of the molecule is CCN(CC)CCNC(=O)c1cc(/C=C2\C(=O)Nc3cc(-c4ccc(O)cc4OC)ccc32)[se]c1C. The van der Waals surface area contributed by atoms with Crippen LogP contribution in [0.25, 0.3) is 22.8 Å². The molecule has 0 spiro atoms. The predicted molar refractivity (Wildman–Crippen MR) is 145 cm³/mol. The third-order valence-electron chi connectivity index (χ3n) is 6.37. The van der Waals surface area contributed by atoms with Gasteiger partial charge in [-0.2, -0.15) is 0 Å². The van der Waals surface area contributed by atoms with Gasteiger partial charge in [0.1, 0.15) is 0 Å². The van der Waals surface area contributed by atoms with E-state index in [2.05, 4.69) is 29.4 Å². The summed E-state index contributed by atoms with van der Waals surface area (Å²) in [6.07, 6.45) is 1.90. The van der Waals surface area contributed by atoms with Crippen molar-refractivity contribution in [2.75, 3.05) is 38.6 Å². The van der Waals surface area contributed by atoms with Crippen LogP contribution in [0.3, 0.4) is 0 Å². The van der Waals surface area contributed by atoms with Gasteiger partial charge in [-0.25, -0.2) is 0 Å². The summed E-state index contributed by atoms with van der Waals surface area (Å²) in [6, 6.07) is 12.6. The Morgan fingerprint density at radius 3 is 2.61 bits per heavy atom. The molecular weight excluding hydrogens is 521 g/mol. The standard InChI is InChI=1S/C28H31N3O4Se/c1-5-31(6-2)12-11-29-27(33)23-15-20(36-17(23)3)16-24-22-9-7-18(13-25(22)30-28(24)34)21-10-8-19(32)14-26(21)35-4/h7-10,13-16,32H,5-6,11-12H2,1-4H3,(H,29,33)(H,30,34)/b24-16-. The van der Waals surface area contributed by atoms with Crippen LogP contribution in [0.5, 0.6) is 11.5 Å². The molecule has 0 saturated heterocycles. The second-order valence-electron chi connectivity index (χ2n) is 8.56. The van der Waals surface area contributed by atoms with Gasteiger partial charge in [-0.15, -0.1) is 0 Å². The molecule has 2 amide bonds. The molecule has 2 aromatic carbocycles. The van der Waals surface area contributed by atoms with Crippen molar-refractivity contribution in [1.29, 1.82) is 0 Å². The van der Waals surface area contributed by atoms with Gasteiger partial charge < -0.3 is 0 Å². The number of carbonyl (C=O) groups excluding carboxylic acids is 2. The number of aryl methyl sites for hydroxylation is 1. The van der Waals surface area contributed by atoms with E-state index in [0.717, 1.165) is 50.9 Å². The normalized spacial score (nSPS) is 13.7. The number of aromatic hydroxyl groups is 1. The number of ether oxygens (including phenoxy) is 1. The molecule has 3 N–H and O–H groups in total. The van der Waals surface area contributed by atoms with Crippen molar-refractivity contribution in [3.05, 3.63) is 62.5 Å². The molecule has 0 aliphatic carbocycles. The van der Waals surface area contributed by atoms with Crippen molar-refractivity contribution in [3.63, 3.8) is 0 Å². The number of benzene rings is 2. The van der Waals surface area contributed by atoms with Gasteiger partial charge in [0.2, 0.25) is 0 Å². The molecule has 36 heavy (non-hydrogen) atoms.